The molecule has 1 aliphatic rings. The van der Waals surface area contributed by atoms with Crippen LogP contribution < -0.4 is 0 Å². The van der Waals surface area contributed by atoms with Crippen molar-refractivity contribution in [2.45, 2.75) is 25.9 Å². The van der Waals surface area contributed by atoms with E-state index in [2.05, 4.69) is 0 Å². The molecular formula is C14H17FINO2. The summed E-state index contributed by atoms with van der Waals surface area (Å²) in [6.07, 6.45) is 2.21. The highest BCUT2D eigenvalue weighted by Crippen LogP contribution is 2.18. The van der Waals surface area contributed by atoms with Gasteiger partial charge in [-0.05, 0) is 60.6 Å². The lowest BCUT2D eigenvalue weighted by Crippen LogP contribution is -2.37. The van der Waals surface area contributed by atoms with Crippen LogP contribution in [0.25, 0.3) is 0 Å². The van der Waals surface area contributed by atoms with Crippen molar-refractivity contribution in [3.63, 3.8) is 0 Å². The molecule has 3 nitrogen and oxygen atoms in total. The summed E-state index contributed by atoms with van der Waals surface area (Å²) in [4.78, 5) is 14.2. The van der Waals surface area contributed by atoms with Crippen molar-refractivity contribution < 1.29 is 13.9 Å². The molecular weight excluding hydrogens is 360 g/mol. The van der Waals surface area contributed by atoms with Crippen molar-refractivity contribution in [2.24, 2.45) is 0 Å². The summed E-state index contributed by atoms with van der Waals surface area (Å²) in [6, 6.07) is 4.26. The minimum Gasteiger partial charge on any atom is -0.376 e. The SMILES string of the molecule is CCN(CC1CCCO1)C(=O)c1ccc(F)cc1I. The Morgan fingerprint density at radius 3 is 2.95 bits per heavy atom. The van der Waals surface area contributed by atoms with E-state index in [1.807, 2.05) is 29.5 Å². The molecule has 1 fully saturated rings. The maximum Gasteiger partial charge on any atom is 0.255 e. The molecule has 0 N–H and O–H groups in total. The average Bonchev–Trinajstić information content (AvgIpc) is 2.88. The van der Waals surface area contributed by atoms with Gasteiger partial charge >= 0.3 is 0 Å². The summed E-state index contributed by atoms with van der Waals surface area (Å²) in [5, 5.41) is 0. The molecule has 19 heavy (non-hydrogen) atoms. The van der Waals surface area contributed by atoms with Crippen molar-refractivity contribution >= 4 is 28.5 Å². The Hall–Kier alpha value is -0.690. The van der Waals surface area contributed by atoms with E-state index in [0.29, 0.717) is 22.2 Å². The number of rotatable bonds is 4. The molecule has 1 saturated heterocycles. The Labute approximate surface area is 126 Å². The van der Waals surface area contributed by atoms with E-state index in [0.717, 1.165) is 19.4 Å². The topological polar surface area (TPSA) is 29.5 Å². The van der Waals surface area contributed by atoms with Gasteiger partial charge in [-0.25, -0.2) is 4.39 Å². The van der Waals surface area contributed by atoms with E-state index in [1.54, 1.807) is 11.0 Å². The molecule has 1 atom stereocenters. The van der Waals surface area contributed by atoms with Crippen LogP contribution in [0.1, 0.15) is 30.1 Å². The Morgan fingerprint density at radius 1 is 1.58 bits per heavy atom. The van der Waals surface area contributed by atoms with Crippen LogP contribution in [0.15, 0.2) is 18.2 Å². The zero-order valence-electron chi connectivity index (χ0n) is 10.9. The second-order valence-electron chi connectivity index (χ2n) is 4.60. The third kappa shape index (κ3) is 3.66. The minimum absolute atomic E-state index is 0.0533. The monoisotopic (exact) mass is 377 g/mol. The molecule has 1 aromatic carbocycles. The van der Waals surface area contributed by atoms with Gasteiger partial charge in [0.25, 0.3) is 5.91 Å². The molecule has 0 radical (unpaired) electrons. The standard InChI is InChI=1S/C14H17FINO2/c1-2-17(9-11-4-3-7-19-11)14(18)12-6-5-10(15)8-13(12)16/h5-6,8,11H,2-4,7,9H2,1H3. The van der Waals surface area contributed by atoms with Crippen molar-refractivity contribution in [3.05, 3.63) is 33.1 Å². The number of halogens is 2. The number of carbonyl (C=O) groups excluding carboxylic acids is 1. The van der Waals surface area contributed by atoms with E-state index in [9.17, 15) is 9.18 Å². The van der Waals surface area contributed by atoms with Gasteiger partial charge in [-0.15, -0.1) is 0 Å². The van der Waals surface area contributed by atoms with Crippen molar-refractivity contribution in [3.8, 4) is 0 Å². The number of ether oxygens (including phenoxy) is 1. The van der Waals surface area contributed by atoms with Gasteiger partial charge in [0.2, 0.25) is 0 Å². The molecule has 2 rings (SSSR count). The Balaban J connectivity index is 2.10. The maximum absolute atomic E-state index is 13.1. The zero-order valence-corrected chi connectivity index (χ0v) is 13.0. The second kappa shape index (κ2) is 6.65. The van der Waals surface area contributed by atoms with E-state index >= 15 is 0 Å². The number of hydrogen-bond acceptors (Lipinski definition) is 2. The quantitative estimate of drug-likeness (QED) is 0.755. The molecule has 1 unspecified atom stereocenters. The Morgan fingerprint density at radius 2 is 2.37 bits per heavy atom. The third-order valence-electron chi connectivity index (χ3n) is 3.28. The van der Waals surface area contributed by atoms with Crippen LogP contribution in [0, 0.1) is 9.39 Å². The summed E-state index contributed by atoms with van der Waals surface area (Å²) < 4.78 is 19.3. The van der Waals surface area contributed by atoms with Crippen LogP contribution in [0.2, 0.25) is 0 Å². The largest absolute Gasteiger partial charge is 0.376 e. The van der Waals surface area contributed by atoms with Gasteiger partial charge in [0.05, 0.1) is 11.7 Å². The highest BCUT2D eigenvalue weighted by molar-refractivity contribution is 14.1. The van der Waals surface area contributed by atoms with E-state index in [4.69, 9.17) is 4.74 Å². The number of carbonyl (C=O) groups is 1. The molecule has 0 aliphatic carbocycles. The molecule has 0 aromatic heterocycles. The molecule has 104 valence electrons. The van der Waals surface area contributed by atoms with Gasteiger partial charge in [0.1, 0.15) is 5.82 Å². The molecule has 1 aliphatic heterocycles. The summed E-state index contributed by atoms with van der Waals surface area (Å²) in [5.41, 5.74) is 0.557. The fourth-order valence-electron chi connectivity index (χ4n) is 2.22. The first-order valence-corrected chi connectivity index (χ1v) is 7.55. The molecule has 0 bridgehead atoms. The highest BCUT2D eigenvalue weighted by Gasteiger charge is 2.23. The van der Waals surface area contributed by atoms with Gasteiger partial charge in [-0.1, -0.05) is 0 Å². The average molecular weight is 377 g/mol. The summed E-state index contributed by atoms with van der Waals surface area (Å²) in [7, 11) is 0. The van der Waals surface area contributed by atoms with Gasteiger partial charge < -0.3 is 9.64 Å². The number of benzene rings is 1. The van der Waals surface area contributed by atoms with Crippen LogP contribution >= 0.6 is 22.6 Å². The van der Waals surface area contributed by atoms with Crippen molar-refractivity contribution in [2.75, 3.05) is 19.7 Å². The number of nitrogens with zero attached hydrogens (tertiary/aromatic N) is 1. The minimum atomic E-state index is -0.317. The maximum atomic E-state index is 13.1. The Kier molecular flexibility index (Phi) is 5.15. The normalized spacial score (nSPS) is 18.6. The summed E-state index contributed by atoms with van der Waals surface area (Å²) in [6.45, 7) is 3.97. The van der Waals surface area contributed by atoms with Gasteiger partial charge in [-0.2, -0.15) is 0 Å². The fraction of sp³-hybridized carbons (Fsp3) is 0.500. The lowest BCUT2D eigenvalue weighted by Gasteiger charge is -2.24. The Bertz CT molecular complexity index is 461. The molecule has 1 aromatic rings. The molecule has 0 spiro atoms. The predicted octanol–water partition coefficient (Wildman–Crippen LogP) is 3.07. The van der Waals surface area contributed by atoms with Gasteiger partial charge in [0.15, 0.2) is 0 Å². The second-order valence-corrected chi connectivity index (χ2v) is 5.77. The molecule has 0 saturated carbocycles. The van der Waals surface area contributed by atoms with Crippen LogP contribution in [-0.2, 0) is 4.74 Å². The van der Waals surface area contributed by atoms with E-state index in [1.165, 1.54) is 12.1 Å². The summed E-state index contributed by atoms with van der Waals surface area (Å²) >= 11 is 2.00. The fourth-order valence-corrected chi connectivity index (χ4v) is 2.93. The number of likely N-dealkylation sites (N-methyl/N-ethyl adjacent to an activating group) is 1. The van der Waals surface area contributed by atoms with Crippen LogP contribution in [0.5, 0.6) is 0 Å². The smallest absolute Gasteiger partial charge is 0.255 e. The zero-order chi connectivity index (χ0) is 13.8. The van der Waals surface area contributed by atoms with Gasteiger partial charge in [0, 0.05) is 23.3 Å². The van der Waals surface area contributed by atoms with Crippen molar-refractivity contribution in [1.29, 1.82) is 0 Å². The highest BCUT2D eigenvalue weighted by atomic mass is 127. The number of amides is 1. The predicted molar refractivity (Wildman–Crippen MR) is 79.7 cm³/mol. The van der Waals surface area contributed by atoms with E-state index < -0.39 is 0 Å². The first kappa shape index (κ1) is 14.7. The van der Waals surface area contributed by atoms with Crippen molar-refractivity contribution in [1.82, 2.24) is 4.90 Å². The first-order valence-electron chi connectivity index (χ1n) is 6.47. The lowest BCUT2D eigenvalue weighted by atomic mass is 10.1. The van der Waals surface area contributed by atoms with Crippen LogP contribution in [-0.4, -0.2) is 36.6 Å². The molecule has 1 heterocycles. The van der Waals surface area contributed by atoms with E-state index in [-0.39, 0.29) is 17.8 Å². The van der Waals surface area contributed by atoms with Crippen LogP contribution in [0.4, 0.5) is 4.39 Å². The third-order valence-corrected chi connectivity index (χ3v) is 4.17. The van der Waals surface area contributed by atoms with Gasteiger partial charge in [-0.3, -0.25) is 4.79 Å². The number of hydrogen-bond donors (Lipinski definition) is 0. The van der Waals surface area contributed by atoms with Crippen LogP contribution in [0.3, 0.4) is 0 Å². The first-order chi connectivity index (χ1) is 9.11. The molecule has 5 heteroatoms. The summed E-state index contributed by atoms with van der Waals surface area (Å²) in [5.74, 6) is -0.370. The lowest BCUT2D eigenvalue weighted by molar-refractivity contribution is 0.0538. The molecule has 1 amide bonds.